The van der Waals surface area contributed by atoms with Crippen LogP contribution >= 0.6 is 0 Å². The van der Waals surface area contributed by atoms with Crippen LogP contribution in [0.1, 0.15) is 20.3 Å². The summed E-state index contributed by atoms with van der Waals surface area (Å²) in [5.74, 6) is 0. The Balaban J connectivity index is 2.86. The highest BCUT2D eigenvalue weighted by molar-refractivity contribution is 4.59. The normalized spacial score (nSPS) is 13.9. The molecule has 0 rings (SSSR count). The minimum Gasteiger partial charge on any atom is -0.327 e. The molecule has 2 nitrogen and oxygen atoms in total. The SMILES string of the molecule is CCNC[C@@H](N)CC. The van der Waals surface area contributed by atoms with Gasteiger partial charge < -0.3 is 11.1 Å². The van der Waals surface area contributed by atoms with Gasteiger partial charge in [0.15, 0.2) is 0 Å². The van der Waals surface area contributed by atoms with E-state index in [-0.39, 0.29) is 0 Å². The maximum absolute atomic E-state index is 5.60. The fourth-order valence-corrected chi connectivity index (χ4v) is 0.474. The highest BCUT2D eigenvalue weighted by Crippen LogP contribution is 1.80. The Morgan fingerprint density at radius 1 is 1.50 bits per heavy atom. The third-order valence-electron chi connectivity index (χ3n) is 1.18. The van der Waals surface area contributed by atoms with Crippen molar-refractivity contribution in [3.8, 4) is 0 Å². The van der Waals surface area contributed by atoms with Gasteiger partial charge in [0, 0.05) is 12.6 Å². The molecule has 3 N–H and O–H groups in total. The molecule has 2 heteroatoms. The first kappa shape index (κ1) is 7.92. The van der Waals surface area contributed by atoms with Gasteiger partial charge in [-0.2, -0.15) is 0 Å². The molecule has 0 spiro atoms. The van der Waals surface area contributed by atoms with Gasteiger partial charge in [-0.15, -0.1) is 0 Å². The van der Waals surface area contributed by atoms with Crippen molar-refractivity contribution in [1.82, 2.24) is 5.32 Å². The topological polar surface area (TPSA) is 38.0 Å². The van der Waals surface area contributed by atoms with Crippen LogP contribution in [0.2, 0.25) is 0 Å². The quantitative estimate of drug-likeness (QED) is 0.555. The van der Waals surface area contributed by atoms with Crippen LogP contribution in [0.5, 0.6) is 0 Å². The molecule has 1 atom stereocenters. The van der Waals surface area contributed by atoms with Crippen molar-refractivity contribution in [3.63, 3.8) is 0 Å². The van der Waals surface area contributed by atoms with Crippen molar-refractivity contribution in [2.24, 2.45) is 5.73 Å². The van der Waals surface area contributed by atoms with Gasteiger partial charge in [-0.05, 0) is 13.0 Å². The predicted molar refractivity (Wildman–Crippen MR) is 36.8 cm³/mol. The van der Waals surface area contributed by atoms with Gasteiger partial charge in [-0.25, -0.2) is 0 Å². The van der Waals surface area contributed by atoms with Crippen LogP contribution in [0.25, 0.3) is 0 Å². The molecule has 0 aromatic carbocycles. The van der Waals surface area contributed by atoms with Crippen LogP contribution in [-0.4, -0.2) is 19.1 Å². The molecule has 0 aliphatic carbocycles. The van der Waals surface area contributed by atoms with E-state index in [9.17, 15) is 0 Å². The van der Waals surface area contributed by atoms with Crippen molar-refractivity contribution < 1.29 is 0 Å². The van der Waals surface area contributed by atoms with Crippen molar-refractivity contribution in [3.05, 3.63) is 0 Å². The molecule has 0 fully saturated rings. The summed E-state index contributed by atoms with van der Waals surface area (Å²) < 4.78 is 0. The minimum absolute atomic E-state index is 0.343. The van der Waals surface area contributed by atoms with E-state index in [1.165, 1.54) is 0 Å². The van der Waals surface area contributed by atoms with E-state index >= 15 is 0 Å². The second-order valence-corrected chi connectivity index (χ2v) is 1.98. The molecule has 50 valence electrons. The van der Waals surface area contributed by atoms with E-state index in [2.05, 4.69) is 19.2 Å². The number of nitrogens with one attached hydrogen (secondary N) is 1. The molecule has 0 heterocycles. The Morgan fingerprint density at radius 3 is 2.50 bits per heavy atom. The molecule has 0 bridgehead atoms. The molecule has 0 unspecified atom stereocenters. The van der Waals surface area contributed by atoms with Crippen molar-refractivity contribution in [2.75, 3.05) is 13.1 Å². The maximum atomic E-state index is 5.60. The van der Waals surface area contributed by atoms with Gasteiger partial charge in [0.1, 0.15) is 0 Å². The van der Waals surface area contributed by atoms with Crippen LogP contribution in [0.15, 0.2) is 0 Å². The molecular formula is C6H16N2. The molecule has 0 aromatic heterocycles. The first-order chi connectivity index (χ1) is 3.81. The Kier molecular flexibility index (Phi) is 5.01. The molecule has 0 radical (unpaired) electrons. The summed E-state index contributed by atoms with van der Waals surface area (Å²) in [4.78, 5) is 0. The summed E-state index contributed by atoms with van der Waals surface area (Å²) >= 11 is 0. The lowest BCUT2D eigenvalue weighted by molar-refractivity contribution is 0.576. The minimum atomic E-state index is 0.343. The van der Waals surface area contributed by atoms with Crippen LogP contribution in [0, 0.1) is 0 Å². The molecule has 0 aliphatic rings. The average Bonchev–Trinajstić information content (AvgIpc) is 1.83. The number of nitrogens with two attached hydrogens (primary N) is 1. The maximum Gasteiger partial charge on any atom is 0.0162 e. The number of hydrogen-bond donors (Lipinski definition) is 2. The summed E-state index contributed by atoms with van der Waals surface area (Å²) in [7, 11) is 0. The lowest BCUT2D eigenvalue weighted by Crippen LogP contribution is -2.32. The van der Waals surface area contributed by atoms with E-state index in [4.69, 9.17) is 5.73 Å². The van der Waals surface area contributed by atoms with E-state index < -0.39 is 0 Å². The fraction of sp³-hybridized carbons (Fsp3) is 1.00. The monoisotopic (exact) mass is 116 g/mol. The van der Waals surface area contributed by atoms with Gasteiger partial charge in [0.2, 0.25) is 0 Å². The van der Waals surface area contributed by atoms with Gasteiger partial charge in [-0.3, -0.25) is 0 Å². The summed E-state index contributed by atoms with van der Waals surface area (Å²) in [6.45, 7) is 6.16. The summed E-state index contributed by atoms with van der Waals surface area (Å²) in [5.41, 5.74) is 5.60. The average molecular weight is 116 g/mol. The Labute approximate surface area is 51.5 Å². The zero-order valence-corrected chi connectivity index (χ0v) is 5.78. The van der Waals surface area contributed by atoms with Crippen LogP contribution in [0.3, 0.4) is 0 Å². The Hall–Kier alpha value is -0.0800. The third-order valence-corrected chi connectivity index (χ3v) is 1.18. The van der Waals surface area contributed by atoms with Crippen LogP contribution < -0.4 is 11.1 Å². The standard InChI is InChI=1S/C6H16N2/c1-3-6(7)5-8-4-2/h6,8H,3-5,7H2,1-2H3/t6-/m0/s1. The first-order valence-electron chi connectivity index (χ1n) is 3.27. The zero-order chi connectivity index (χ0) is 6.41. The van der Waals surface area contributed by atoms with E-state index in [1.54, 1.807) is 0 Å². The smallest absolute Gasteiger partial charge is 0.0162 e. The summed E-state index contributed by atoms with van der Waals surface area (Å²) in [6, 6.07) is 0.343. The Bertz CT molecular complexity index is 45.8. The summed E-state index contributed by atoms with van der Waals surface area (Å²) in [6.07, 6.45) is 1.06. The fourth-order valence-electron chi connectivity index (χ4n) is 0.474. The molecule has 8 heavy (non-hydrogen) atoms. The van der Waals surface area contributed by atoms with Crippen molar-refractivity contribution in [2.45, 2.75) is 26.3 Å². The highest BCUT2D eigenvalue weighted by atomic mass is 14.9. The first-order valence-corrected chi connectivity index (χ1v) is 3.27. The molecule has 0 amide bonds. The number of likely N-dealkylation sites (N-methyl/N-ethyl adjacent to an activating group) is 1. The van der Waals surface area contributed by atoms with Gasteiger partial charge >= 0.3 is 0 Å². The lowest BCUT2D eigenvalue weighted by atomic mass is 10.2. The second-order valence-electron chi connectivity index (χ2n) is 1.98. The van der Waals surface area contributed by atoms with Gasteiger partial charge in [0.25, 0.3) is 0 Å². The van der Waals surface area contributed by atoms with Crippen LogP contribution in [0.4, 0.5) is 0 Å². The van der Waals surface area contributed by atoms with Crippen LogP contribution in [-0.2, 0) is 0 Å². The molecular weight excluding hydrogens is 100 g/mol. The molecule has 0 saturated carbocycles. The number of rotatable bonds is 4. The van der Waals surface area contributed by atoms with E-state index in [1.807, 2.05) is 0 Å². The third kappa shape index (κ3) is 4.09. The highest BCUT2D eigenvalue weighted by Gasteiger charge is 1.93. The second kappa shape index (κ2) is 5.06. The van der Waals surface area contributed by atoms with Gasteiger partial charge in [0.05, 0.1) is 0 Å². The van der Waals surface area contributed by atoms with E-state index in [0.29, 0.717) is 6.04 Å². The Morgan fingerprint density at radius 2 is 2.12 bits per heavy atom. The predicted octanol–water partition coefficient (Wildman–Crippen LogP) is 0.333. The summed E-state index contributed by atoms with van der Waals surface area (Å²) in [5, 5.41) is 3.17. The largest absolute Gasteiger partial charge is 0.327 e. The molecule has 0 saturated heterocycles. The lowest BCUT2D eigenvalue weighted by Gasteiger charge is -2.06. The molecule has 0 aromatic rings. The molecule has 0 aliphatic heterocycles. The number of hydrogen-bond acceptors (Lipinski definition) is 2. The van der Waals surface area contributed by atoms with Gasteiger partial charge in [-0.1, -0.05) is 13.8 Å². The van der Waals surface area contributed by atoms with Crippen molar-refractivity contribution >= 4 is 0 Å². The van der Waals surface area contributed by atoms with Crippen molar-refractivity contribution in [1.29, 1.82) is 0 Å². The van der Waals surface area contributed by atoms with E-state index in [0.717, 1.165) is 19.5 Å². The zero-order valence-electron chi connectivity index (χ0n) is 5.78.